The molecule has 0 saturated carbocycles. The second-order valence-electron chi connectivity index (χ2n) is 4.03. The summed E-state index contributed by atoms with van der Waals surface area (Å²) in [6, 6.07) is 4.98. The first kappa shape index (κ1) is 16.9. The third-order valence-corrected chi connectivity index (χ3v) is 3.19. The van der Waals surface area contributed by atoms with Crippen LogP contribution < -0.4 is 14.8 Å². The van der Waals surface area contributed by atoms with E-state index in [1.54, 1.807) is 12.1 Å². The van der Waals surface area contributed by atoms with Crippen LogP contribution in [0.5, 0.6) is 11.5 Å². The van der Waals surface area contributed by atoms with Gasteiger partial charge in [0, 0.05) is 17.0 Å². The molecule has 21 heavy (non-hydrogen) atoms. The summed E-state index contributed by atoms with van der Waals surface area (Å²) in [5.74, 6) is 0.902. The molecule has 0 radical (unpaired) electrons. The molecule has 112 valence electrons. The highest BCUT2D eigenvalue weighted by atomic mass is 35.5. The number of hydrogen-bond acceptors (Lipinski definition) is 5. The van der Waals surface area contributed by atoms with Crippen molar-refractivity contribution in [1.29, 1.82) is 5.26 Å². The quantitative estimate of drug-likeness (QED) is 0.344. The number of methoxy groups -OCH3 is 2. The van der Waals surface area contributed by atoms with E-state index in [0.29, 0.717) is 41.6 Å². The molecule has 1 unspecified atom stereocenters. The number of benzene rings is 1. The molecule has 0 aliphatic heterocycles. The van der Waals surface area contributed by atoms with E-state index >= 15 is 0 Å². The Morgan fingerprint density at radius 3 is 2.81 bits per heavy atom. The second-order valence-corrected chi connectivity index (χ2v) is 4.41. The third kappa shape index (κ3) is 4.43. The van der Waals surface area contributed by atoms with Crippen LogP contribution in [0.15, 0.2) is 17.2 Å². The smallest absolute Gasteiger partial charge is 0.179 e. The first-order valence-electron chi connectivity index (χ1n) is 6.23. The second kappa shape index (κ2) is 8.93. The minimum Gasteiger partial charge on any atom is -0.493 e. The summed E-state index contributed by atoms with van der Waals surface area (Å²) in [5.41, 5.74) is 8.80. The third-order valence-electron chi connectivity index (χ3n) is 2.80. The molecule has 0 spiro atoms. The van der Waals surface area contributed by atoms with Gasteiger partial charge >= 0.3 is 0 Å². The molecule has 0 aliphatic rings. The Bertz CT molecular complexity index is 566. The molecule has 8 heteroatoms. The molecule has 7 nitrogen and oxygen atoms in total. The first-order valence-corrected chi connectivity index (χ1v) is 6.61. The maximum atomic E-state index is 9.27. The topological polar surface area (TPSA) is 103 Å². The number of halogens is 1. The Balaban J connectivity index is 2.86. The Morgan fingerprint density at radius 2 is 2.24 bits per heavy atom. The molecule has 1 aromatic rings. The Kier molecular flexibility index (Phi) is 7.19. The Morgan fingerprint density at radius 1 is 1.48 bits per heavy atom. The van der Waals surface area contributed by atoms with E-state index in [2.05, 4.69) is 21.4 Å². The van der Waals surface area contributed by atoms with Crippen LogP contribution >= 0.6 is 11.6 Å². The summed E-state index contributed by atoms with van der Waals surface area (Å²) in [4.78, 5) is 2.67. The van der Waals surface area contributed by atoms with Crippen molar-refractivity contribution in [3.8, 4) is 17.6 Å². The summed E-state index contributed by atoms with van der Waals surface area (Å²) in [6.45, 7) is 0.906. The summed E-state index contributed by atoms with van der Waals surface area (Å²) < 4.78 is 10.4. The fourth-order valence-electron chi connectivity index (χ4n) is 1.79. The van der Waals surface area contributed by atoms with E-state index in [-0.39, 0.29) is 0 Å². The van der Waals surface area contributed by atoms with E-state index in [4.69, 9.17) is 26.6 Å². The molecular formula is C13H16ClN5O2. The van der Waals surface area contributed by atoms with Gasteiger partial charge in [-0.1, -0.05) is 22.8 Å². The highest BCUT2D eigenvalue weighted by Gasteiger charge is 2.19. The minimum atomic E-state index is -0.580. The lowest BCUT2D eigenvalue weighted by Crippen LogP contribution is -2.22. The van der Waals surface area contributed by atoms with Crippen LogP contribution in [0.1, 0.15) is 18.0 Å². The van der Waals surface area contributed by atoms with Crippen LogP contribution in [0.2, 0.25) is 5.02 Å². The van der Waals surface area contributed by atoms with Gasteiger partial charge < -0.3 is 9.47 Å². The van der Waals surface area contributed by atoms with E-state index in [0.717, 1.165) is 0 Å². The van der Waals surface area contributed by atoms with Crippen LogP contribution in [0, 0.1) is 11.3 Å². The zero-order valence-corrected chi connectivity index (χ0v) is 12.6. The van der Waals surface area contributed by atoms with E-state index in [9.17, 15) is 5.26 Å². The predicted molar refractivity (Wildman–Crippen MR) is 79.5 cm³/mol. The number of azide groups is 1. The van der Waals surface area contributed by atoms with Crippen LogP contribution in [-0.2, 0) is 0 Å². The summed E-state index contributed by atoms with van der Waals surface area (Å²) in [5, 5.41) is 16.1. The summed E-state index contributed by atoms with van der Waals surface area (Å²) in [7, 11) is 3.01. The number of rotatable bonds is 8. The van der Waals surface area contributed by atoms with Gasteiger partial charge in [0.05, 0.1) is 25.3 Å². The van der Waals surface area contributed by atoms with Crippen molar-refractivity contribution in [3.63, 3.8) is 0 Å². The Labute approximate surface area is 128 Å². The van der Waals surface area contributed by atoms with Gasteiger partial charge in [-0.2, -0.15) is 5.26 Å². The molecular weight excluding hydrogens is 294 g/mol. The van der Waals surface area contributed by atoms with Crippen LogP contribution in [0.25, 0.3) is 10.4 Å². The number of ether oxygens (including phenoxy) is 2. The maximum Gasteiger partial charge on any atom is 0.179 e. The van der Waals surface area contributed by atoms with Crippen LogP contribution in [0.3, 0.4) is 0 Å². The fraction of sp³-hybridized carbons (Fsp3) is 0.462. The normalized spacial score (nSPS) is 11.1. The monoisotopic (exact) mass is 309 g/mol. The molecule has 0 saturated heterocycles. The zero-order chi connectivity index (χ0) is 15.7. The molecule has 0 aromatic heterocycles. The molecule has 1 N–H and O–H groups in total. The van der Waals surface area contributed by atoms with Gasteiger partial charge in [0.1, 0.15) is 6.04 Å². The van der Waals surface area contributed by atoms with Gasteiger partial charge in [-0.25, -0.2) is 0 Å². The standard InChI is InChI=1S/C13H16ClN5O2/c1-20-11-5-4-9(12(14)13(11)21-2)10(8-15)17-6-3-7-18-19-16/h4-5,10,17H,3,6-7H2,1-2H3. The Hall–Kier alpha value is -2.13. The van der Waals surface area contributed by atoms with Gasteiger partial charge in [-0.05, 0) is 24.6 Å². The van der Waals surface area contributed by atoms with Crippen molar-refractivity contribution in [3.05, 3.63) is 33.2 Å². The fourth-order valence-corrected chi connectivity index (χ4v) is 2.14. The first-order chi connectivity index (χ1) is 10.2. The SMILES string of the molecule is COc1ccc(C(C#N)NCCCN=[N+]=[N-])c(Cl)c1OC. The van der Waals surface area contributed by atoms with Crippen molar-refractivity contribution in [2.75, 3.05) is 27.3 Å². The summed E-state index contributed by atoms with van der Waals surface area (Å²) in [6.07, 6.45) is 0.632. The van der Waals surface area contributed by atoms with Gasteiger partial charge in [0.25, 0.3) is 0 Å². The highest BCUT2D eigenvalue weighted by molar-refractivity contribution is 6.33. The molecule has 1 rings (SSSR count). The van der Waals surface area contributed by atoms with Crippen molar-refractivity contribution in [2.24, 2.45) is 5.11 Å². The average Bonchev–Trinajstić information content (AvgIpc) is 2.51. The minimum absolute atomic E-state index is 0.339. The van der Waals surface area contributed by atoms with Crippen molar-refractivity contribution in [2.45, 2.75) is 12.5 Å². The van der Waals surface area contributed by atoms with Crippen molar-refractivity contribution >= 4 is 11.6 Å². The van der Waals surface area contributed by atoms with E-state index in [1.807, 2.05) is 0 Å². The highest BCUT2D eigenvalue weighted by Crippen LogP contribution is 2.39. The van der Waals surface area contributed by atoms with Gasteiger partial charge in [0.15, 0.2) is 11.5 Å². The van der Waals surface area contributed by atoms with Gasteiger partial charge in [-0.15, -0.1) is 0 Å². The molecule has 0 fully saturated rings. The zero-order valence-electron chi connectivity index (χ0n) is 11.8. The lowest BCUT2D eigenvalue weighted by molar-refractivity contribution is 0.354. The predicted octanol–water partition coefficient (Wildman–Crippen LogP) is 3.21. The average molecular weight is 310 g/mol. The number of nitrogens with zero attached hydrogens (tertiary/aromatic N) is 4. The van der Waals surface area contributed by atoms with Gasteiger partial charge in [0.2, 0.25) is 0 Å². The number of nitrogens with one attached hydrogen (secondary N) is 1. The largest absolute Gasteiger partial charge is 0.493 e. The molecule has 0 heterocycles. The lowest BCUT2D eigenvalue weighted by Gasteiger charge is -2.16. The van der Waals surface area contributed by atoms with Crippen molar-refractivity contribution in [1.82, 2.24) is 5.32 Å². The van der Waals surface area contributed by atoms with Crippen LogP contribution in [0.4, 0.5) is 0 Å². The molecule has 0 amide bonds. The van der Waals surface area contributed by atoms with Crippen molar-refractivity contribution < 1.29 is 9.47 Å². The molecule has 0 bridgehead atoms. The molecule has 1 aromatic carbocycles. The maximum absolute atomic E-state index is 9.27. The number of nitriles is 1. The van der Waals surface area contributed by atoms with Gasteiger partial charge in [-0.3, -0.25) is 5.32 Å². The molecule has 1 atom stereocenters. The molecule has 0 aliphatic carbocycles. The van der Waals surface area contributed by atoms with E-state index < -0.39 is 6.04 Å². The lowest BCUT2D eigenvalue weighted by atomic mass is 10.1. The van der Waals surface area contributed by atoms with E-state index in [1.165, 1.54) is 14.2 Å². The number of hydrogen-bond donors (Lipinski definition) is 1. The van der Waals surface area contributed by atoms with Crippen LogP contribution in [-0.4, -0.2) is 27.3 Å². The summed E-state index contributed by atoms with van der Waals surface area (Å²) >= 11 is 6.27.